The first kappa shape index (κ1) is 31.7. The minimum absolute atomic E-state index is 0.0554. The van der Waals surface area contributed by atoms with Crippen LogP contribution in [0.1, 0.15) is 70.1 Å². The Labute approximate surface area is 276 Å². The molecule has 47 heavy (non-hydrogen) atoms. The number of aromatic nitrogens is 3. The molecule has 0 aliphatic carbocycles. The van der Waals surface area contributed by atoms with E-state index in [1.54, 1.807) is 30.5 Å². The summed E-state index contributed by atoms with van der Waals surface area (Å²) in [6, 6.07) is 27.5. The quantitative estimate of drug-likeness (QED) is 0.173. The van der Waals surface area contributed by atoms with E-state index in [0.717, 1.165) is 41.6 Å². The fraction of sp³-hybridized carbons (Fsp3) is 0.282. The highest BCUT2D eigenvalue weighted by Gasteiger charge is 2.26. The van der Waals surface area contributed by atoms with Gasteiger partial charge in [-0.15, -0.1) is 0 Å². The van der Waals surface area contributed by atoms with Crippen molar-refractivity contribution in [2.24, 2.45) is 13.0 Å². The van der Waals surface area contributed by atoms with Crippen LogP contribution < -0.4 is 10.1 Å². The molecule has 1 aliphatic heterocycles. The third-order valence-corrected chi connectivity index (χ3v) is 8.62. The van der Waals surface area contributed by atoms with E-state index < -0.39 is 0 Å². The van der Waals surface area contributed by atoms with Crippen LogP contribution in [0.3, 0.4) is 0 Å². The first-order chi connectivity index (χ1) is 22.8. The molecule has 0 unspecified atom stereocenters. The Morgan fingerprint density at radius 3 is 2.30 bits per heavy atom. The summed E-state index contributed by atoms with van der Waals surface area (Å²) in [5, 5.41) is 7.26. The summed E-state index contributed by atoms with van der Waals surface area (Å²) in [6.45, 7) is 5.93. The van der Waals surface area contributed by atoms with E-state index in [4.69, 9.17) is 4.74 Å². The lowest BCUT2D eigenvalue weighted by Crippen LogP contribution is -2.38. The Bertz CT molecular complexity index is 1810. The van der Waals surface area contributed by atoms with Gasteiger partial charge in [0.15, 0.2) is 0 Å². The fourth-order valence-corrected chi connectivity index (χ4v) is 6.03. The number of hydrogen-bond acceptors (Lipinski definition) is 5. The summed E-state index contributed by atoms with van der Waals surface area (Å²) in [5.74, 6) is 1.00. The molecule has 1 aliphatic rings. The van der Waals surface area contributed by atoms with E-state index in [0.29, 0.717) is 54.1 Å². The van der Waals surface area contributed by atoms with Crippen LogP contribution in [0.5, 0.6) is 5.75 Å². The minimum atomic E-state index is -0.307. The van der Waals surface area contributed by atoms with Crippen molar-refractivity contribution < 1.29 is 14.3 Å². The largest absolute Gasteiger partial charge is 0.487 e. The van der Waals surface area contributed by atoms with Gasteiger partial charge in [-0.25, -0.2) is 0 Å². The van der Waals surface area contributed by atoms with E-state index in [9.17, 15) is 9.59 Å². The van der Waals surface area contributed by atoms with Crippen LogP contribution in [-0.4, -0.2) is 44.6 Å². The second-order valence-electron chi connectivity index (χ2n) is 12.7. The molecule has 1 N–H and O–H groups in total. The number of piperidine rings is 1. The second-order valence-corrected chi connectivity index (χ2v) is 12.7. The summed E-state index contributed by atoms with van der Waals surface area (Å²) in [4.78, 5) is 33.4. The van der Waals surface area contributed by atoms with Crippen molar-refractivity contribution in [2.45, 2.75) is 45.6 Å². The normalized spacial score (nSPS) is 13.5. The number of ether oxygens (including phenoxy) is 1. The number of anilines is 1. The van der Waals surface area contributed by atoms with Gasteiger partial charge in [0.25, 0.3) is 11.8 Å². The van der Waals surface area contributed by atoms with E-state index in [2.05, 4.69) is 53.5 Å². The Balaban J connectivity index is 1.14. The van der Waals surface area contributed by atoms with Gasteiger partial charge in [0.1, 0.15) is 12.4 Å². The zero-order valence-corrected chi connectivity index (χ0v) is 27.2. The molecule has 2 aromatic heterocycles. The Morgan fingerprint density at radius 1 is 0.894 bits per heavy atom. The van der Waals surface area contributed by atoms with Crippen LogP contribution in [0.25, 0.3) is 11.1 Å². The zero-order chi connectivity index (χ0) is 32.8. The minimum Gasteiger partial charge on any atom is -0.487 e. The zero-order valence-electron chi connectivity index (χ0n) is 27.2. The van der Waals surface area contributed by atoms with Crippen molar-refractivity contribution in [3.8, 4) is 16.9 Å². The van der Waals surface area contributed by atoms with Gasteiger partial charge in [-0.05, 0) is 78.1 Å². The number of hydrogen-bond donors (Lipinski definition) is 1. The molecule has 0 saturated carbocycles. The molecule has 3 heterocycles. The van der Waals surface area contributed by atoms with Crippen molar-refractivity contribution in [3.05, 3.63) is 131 Å². The molecule has 0 spiro atoms. The SMILES string of the molecule is CC(C)Cc1ccc(C(=O)Nc2cc(C(=O)N3CCC(c4ccc(-c5cnn(C)c5)cc4)CC3)ccc2OCc2ccccc2)cn1. The van der Waals surface area contributed by atoms with Crippen molar-refractivity contribution >= 4 is 17.5 Å². The molecule has 8 heteroatoms. The number of amides is 2. The summed E-state index contributed by atoms with van der Waals surface area (Å²) < 4.78 is 7.95. The summed E-state index contributed by atoms with van der Waals surface area (Å²) in [6.07, 6.45) is 8.11. The van der Waals surface area contributed by atoms with Crippen LogP contribution in [0, 0.1) is 5.92 Å². The van der Waals surface area contributed by atoms with E-state index >= 15 is 0 Å². The fourth-order valence-electron chi connectivity index (χ4n) is 6.03. The number of nitrogens with one attached hydrogen (secondary N) is 1. The van der Waals surface area contributed by atoms with Gasteiger partial charge in [-0.3, -0.25) is 19.3 Å². The van der Waals surface area contributed by atoms with Crippen LogP contribution in [0.4, 0.5) is 5.69 Å². The maximum absolute atomic E-state index is 13.7. The molecule has 8 nitrogen and oxygen atoms in total. The predicted octanol–water partition coefficient (Wildman–Crippen LogP) is 7.53. The van der Waals surface area contributed by atoms with E-state index in [1.807, 2.05) is 65.4 Å². The van der Waals surface area contributed by atoms with Gasteiger partial charge in [0.2, 0.25) is 0 Å². The van der Waals surface area contributed by atoms with Crippen LogP contribution in [0.15, 0.2) is 104 Å². The maximum Gasteiger partial charge on any atom is 0.257 e. The van der Waals surface area contributed by atoms with Gasteiger partial charge in [0.05, 0.1) is 17.4 Å². The molecule has 0 atom stereocenters. The molecule has 6 rings (SSSR count). The first-order valence-corrected chi connectivity index (χ1v) is 16.3. The predicted molar refractivity (Wildman–Crippen MR) is 184 cm³/mol. The number of rotatable bonds is 10. The second kappa shape index (κ2) is 14.5. The van der Waals surface area contributed by atoms with Gasteiger partial charge >= 0.3 is 0 Å². The highest BCUT2D eigenvalue weighted by atomic mass is 16.5. The third-order valence-electron chi connectivity index (χ3n) is 8.62. The molecular formula is C39H41N5O3. The van der Waals surface area contributed by atoms with Gasteiger partial charge in [-0.2, -0.15) is 5.10 Å². The van der Waals surface area contributed by atoms with Crippen molar-refractivity contribution in [1.82, 2.24) is 19.7 Å². The smallest absolute Gasteiger partial charge is 0.257 e. The topological polar surface area (TPSA) is 89.4 Å². The summed E-state index contributed by atoms with van der Waals surface area (Å²) >= 11 is 0. The first-order valence-electron chi connectivity index (χ1n) is 16.3. The number of carbonyl (C=O) groups excluding carboxylic acids is 2. The molecule has 1 saturated heterocycles. The van der Waals surface area contributed by atoms with Gasteiger partial charge in [0, 0.05) is 49.4 Å². The third kappa shape index (κ3) is 7.95. The molecule has 0 bridgehead atoms. The van der Waals surface area contributed by atoms with Crippen LogP contribution in [-0.2, 0) is 20.1 Å². The van der Waals surface area contributed by atoms with Gasteiger partial charge in [-0.1, -0.05) is 68.4 Å². The monoisotopic (exact) mass is 627 g/mol. The summed E-state index contributed by atoms with van der Waals surface area (Å²) in [7, 11) is 1.92. The number of pyridine rings is 1. The number of aryl methyl sites for hydroxylation is 1. The van der Waals surface area contributed by atoms with Crippen molar-refractivity contribution in [2.75, 3.05) is 18.4 Å². The number of nitrogens with zero attached hydrogens (tertiary/aromatic N) is 4. The highest BCUT2D eigenvalue weighted by Crippen LogP contribution is 2.32. The maximum atomic E-state index is 13.7. The van der Waals surface area contributed by atoms with Gasteiger partial charge < -0.3 is 15.0 Å². The number of carbonyl (C=O) groups is 2. The molecule has 0 radical (unpaired) electrons. The lowest BCUT2D eigenvalue weighted by Gasteiger charge is -2.32. The molecule has 2 amide bonds. The number of benzene rings is 3. The molecule has 3 aromatic carbocycles. The van der Waals surface area contributed by atoms with E-state index in [1.165, 1.54) is 5.56 Å². The molecule has 1 fully saturated rings. The lowest BCUT2D eigenvalue weighted by atomic mass is 9.88. The average molecular weight is 628 g/mol. The Hall–Kier alpha value is -5.24. The van der Waals surface area contributed by atoms with Crippen LogP contribution >= 0.6 is 0 Å². The average Bonchev–Trinajstić information content (AvgIpc) is 3.54. The lowest BCUT2D eigenvalue weighted by molar-refractivity contribution is 0.0712. The van der Waals surface area contributed by atoms with Crippen LogP contribution in [0.2, 0.25) is 0 Å². The standard InChI is InChI=1S/C39H41N5O3/c1-27(2)21-35-15-13-33(23-40-35)38(45)42-36-22-32(14-16-37(36)47-26-28-7-5-4-6-8-28)39(46)44-19-17-31(18-20-44)29-9-11-30(12-10-29)34-24-41-43(3)25-34/h4-16,22-25,27,31H,17-21,26H2,1-3H3,(H,42,45). The number of likely N-dealkylation sites (tertiary alicyclic amines) is 1. The Morgan fingerprint density at radius 2 is 1.64 bits per heavy atom. The Kier molecular flexibility index (Phi) is 9.76. The van der Waals surface area contributed by atoms with Crippen molar-refractivity contribution in [3.63, 3.8) is 0 Å². The summed E-state index contributed by atoms with van der Waals surface area (Å²) in [5.41, 5.74) is 6.89. The highest BCUT2D eigenvalue weighted by molar-refractivity contribution is 6.06. The van der Waals surface area contributed by atoms with Crippen molar-refractivity contribution in [1.29, 1.82) is 0 Å². The van der Waals surface area contributed by atoms with E-state index in [-0.39, 0.29) is 11.8 Å². The molecule has 240 valence electrons. The molecular weight excluding hydrogens is 586 g/mol. The molecule has 5 aromatic rings.